The van der Waals surface area contributed by atoms with E-state index in [0.29, 0.717) is 6.04 Å². The Kier molecular flexibility index (Phi) is 5.75. The number of amides is 2. The van der Waals surface area contributed by atoms with Crippen LogP contribution in [0.4, 0.5) is 0 Å². The predicted octanol–water partition coefficient (Wildman–Crippen LogP) is -0.480. The first kappa shape index (κ1) is 15.9. The Hall–Kier alpha value is -1.14. The van der Waals surface area contributed by atoms with Gasteiger partial charge in [-0.05, 0) is 26.7 Å². The van der Waals surface area contributed by atoms with Crippen LogP contribution in [0.15, 0.2) is 0 Å². The van der Waals surface area contributed by atoms with Gasteiger partial charge in [-0.3, -0.25) is 9.59 Å². The highest BCUT2D eigenvalue weighted by Crippen LogP contribution is 2.17. The van der Waals surface area contributed by atoms with Gasteiger partial charge in [0.15, 0.2) is 0 Å². The van der Waals surface area contributed by atoms with Crippen molar-refractivity contribution in [1.29, 1.82) is 0 Å². The number of likely N-dealkylation sites (tertiary alicyclic amines) is 1. The van der Waals surface area contributed by atoms with Crippen LogP contribution < -0.4 is 11.5 Å². The normalized spacial score (nSPS) is 19.4. The Morgan fingerprint density at radius 1 is 1.32 bits per heavy atom. The molecule has 0 aromatic rings. The number of hydrogen-bond donors (Lipinski definition) is 2. The van der Waals surface area contributed by atoms with Crippen molar-refractivity contribution in [3.05, 3.63) is 0 Å². The molecule has 6 nitrogen and oxygen atoms in total. The molecular weight excluding hydrogens is 244 g/mol. The van der Waals surface area contributed by atoms with Crippen LogP contribution in [0, 0.1) is 0 Å². The second kappa shape index (κ2) is 6.86. The van der Waals surface area contributed by atoms with E-state index in [1.165, 1.54) is 0 Å². The van der Waals surface area contributed by atoms with E-state index in [9.17, 15) is 9.59 Å². The van der Waals surface area contributed by atoms with E-state index in [-0.39, 0.29) is 18.4 Å². The topological polar surface area (TPSA) is 92.7 Å². The quantitative estimate of drug-likeness (QED) is 0.705. The first-order chi connectivity index (χ1) is 8.82. The second-order valence-corrected chi connectivity index (χ2v) is 5.59. The molecule has 1 saturated heterocycles. The molecule has 1 heterocycles. The summed E-state index contributed by atoms with van der Waals surface area (Å²) >= 11 is 0. The summed E-state index contributed by atoms with van der Waals surface area (Å²) in [5.74, 6) is -0.731. The van der Waals surface area contributed by atoms with Crippen molar-refractivity contribution in [3.8, 4) is 0 Å². The van der Waals surface area contributed by atoms with Gasteiger partial charge in [-0.25, -0.2) is 0 Å². The second-order valence-electron chi connectivity index (χ2n) is 5.59. The number of carbonyl (C=O) groups excluding carboxylic acids is 2. The van der Waals surface area contributed by atoms with Crippen LogP contribution in [-0.2, 0) is 9.59 Å². The van der Waals surface area contributed by atoms with Crippen LogP contribution in [-0.4, -0.2) is 59.9 Å². The molecule has 110 valence electrons. The first-order valence-corrected chi connectivity index (χ1v) is 6.87. The van der Waals surface area contributed by atoms with Crippen molar-refractivity contribution in [2.45, 2.75) is 51.2 Å². The van der Waals surface area contributed by atoms with Gasteiger partial charge in [-0.1, -0.05) is 0 Å². The molecule has 0 aromatic carbocycles. The molecule has 0 bridgehead atoms. The molecule has 1 aliphatic rings. The SMILES string of the molecule is CC(C)N1CCC(N(C)C(=O)C(N)CC(N)=O)CC1. The average molecular weight is 270 g/mol. The third kappa shape index (κ3) is 4.47. The van der Waals surface area contributed by atoms with Gasteiger partial charge in [0, 0.05) is 32.2 Å². The molecule has 4 N–H and O–H groups in total. The maximum atomic E-state index is 12.1. The smallest absolute Gasteiger partial charge is 0.240 e. The zero-order chi connectivity index (χ0) is 14.6. The summed E-state index contributed by atoms with van der Waals surface area (Å²) in [6, 6.07) is -0.0638. The van der Waals surface area contributed by atoms with Gasteiger partial charge in [0.2, 0.25) is 11.8 Å². The van der Waals surface area contributed by atoms with Crippen LogP contribution in [0.2, 0.25) is 0 Å². The van der Waals surface area contributed by atoms with E-state index in [1.54, 1.807) is 11.9 Å². The number of primary amides is 1. The Balaban J connectivity index is 2.48. The molecule has 2 amide bonds. The van der Waals surface area contributed by atoms with E-state index in [4.69, 9.17) is 11.5 Å². The molecule has 6 heteroatoms. The van der Waals surface area contributed by atoms with E-state index in [1.807, 2.05) is 0 Å². The van der Waals surface area contributed by atoms with Crippen molar-refractivity contribution in [2.24, 2.45) is 11.5 Å². The van der Waals surface area contributed by atoms with E-state index in [2.05, 4.69) is 18.7 Å². The number of nitrogens with two attached hydrogens (primary N) is 2. The Labute approximate surface area is 115 Å². The fraction of sp³-hybridized carbons (Fsp3) is 0.846. The van der Waals surface area contributed by atoms with Crippen LogP contribution >= 0.6 is 0 Å². The van der Waals surface area contributed by atoms with Crippen molar-refractivity contribution >= 4 is 11.8 Å². The zero-order valence-electron chi connectivity index (χ0n) is 12.1. The average Bonchev–Trinajstić information content (AvgIpc) is 2.36. The van der Waals surface area contributed by atoms with Crippen LogP contribution in [0.5, 0.6) is 0 Å². The zero-order valence-corrected chi connectivity index (χ0v) is 12.1. The minimum absolute atomic E-state index is 0.0893. The van der Waals surface area contributed by atoms with E-state index >= 15 is 0 Å². The minimum atomic E-state index is -0.814. The summed E-state index contributed by atoms with van der Waals surface area (Å²) in [4.78, 5) is 27.0. The van der Waals surface area contributed by atoms with Crippen LogP contribution in [0.25, 0.3) is 0 Å². The van der Waals surface area contributed by atoms with Gasteiger partial charge in [0.05, 0.1) is 12.5 Å². The highest BCUT2D eigenvalue weighted by atomic mass is 16.2. The summed E-state index contributed by atoms with van der Waals surface area (Å²) in [5, 5.41) is 0. The summed E-state index contributed by atoms with van der Waals surface area (Å²) in [5.41, 5.74) is 10.8. The number of rotatable bonds is 5. The fourth-order valence-corrected chi connectivity index (χ4v) is 2.54. The molecule has 1 fully saturated rings. The number of likely N-dealkylation sites (N-methyl/N-ethyl adjacent to an activating group) is 1. The summed E-state index contributed by atoms with van der Waals surface area (Å²) in [6.07, 6.45) is 1.81. The molecule has 0 spiro atoms. The largest absolute Gasteiger partial charge is 0.370 e. The molecule has 0 radical (unpaired) electrons. The standard InChI is InChI=1S/C13H26N4O2/c1-9(2)17-6-4-10(5-7-17)16(3)13(19)11(14)8-12(15)18/h9-11H,4-8,14H2,1-3H3,(H2,15,18). The van der Waals surface area contributed by atoms with Crippen LogP contribution in [0.1, 0.15) is 33.1 Å². The highest BCUT2D eigenvalue weighted by Gasteiger charge is 2.29. The van der Waals surface area contributed by atoms with Crippen LogP contribution in [0.3, 0.4) is 0 Å². The van der Waals surface area contributed by atoms with Gasteiger partial charge >= 0.3 is 0 Å². The van der Waals surface area contributed by atoms with Gasteiger partial charge in [-0.2, -0.15) is 0 Å². The number of hydrogen-bond acceptors (Lipinski definition) is 4. The molecule has 1 rings (SSSR count). The minimum Gasteiger partial charge on any atom is -0.370 e. The fourth-order valence-electron chi connectivity index (χ4n) is 2.54. The maximum absolute atomic E-state index is 12.1. The lowest BCUT2D eigenvalue weighted by molar-refractivity contribution is -0.136. The summed E-state index contributed by atoms with van der Waals surface area (Å²) < 4.78 is 0. The monoisotopic (exact) mass is 270 g/mol. The molecule has 0 aliphatic carbocycles. The molecule has 0 saturated carbocycles. The molecule has 19 heavy (non-hydrogen) atoms. The Morgan fingerprint density at radius 2 is 1.84 bits per heavy atom. The number of nitrogens with zero attached hydrogens (tertiary/aromatic N) is 2. The van der Waals surface area contributed by atoms with Crippen molar-refractivity contribution in [2.75, 3.05) is 20.1 Å². The summed E-state index contributed by atoms with van der Waals surface area (Å²) in [7, 11) is 1.76. The molecule has 1 atom stereocenters. The molecule has 1 aliphatic heterocycles. The lowest BCUT2D eigenvalue weighted by Gasteiger charge is -2.39. The van der Waals surface area contributed by atoms with Crippen molar-refractivity contribution in [3.63, 3.8) is 0 Å². The van der Waals surface area contributed by atoms with E-state index in [0.717, 1.165) is 25.9 Å². The lowest BCUT2D eigenvalue weighted by Crippen LogP contribution is -2.52. The van der Waals surface area contributed by atoms with Crippen molar-refractivity contribution < 1.29 is 9.59 Å². The third-order valence-electron chi connectivity index (χ3n) is 3.86. The highest BCUT2D eigenvalue weighted by molar-refractivity contribution is 5.87. The Bertz CT molecular complexity index is 325. The maximum Gasteiger partial charge on any atom is 0.240 e. The number of piperidine rings is 1. The predicted molar refractivity (Wildman–Crippen MR) is 74.3 cm³/mol. The third-order valence-corrected chi connectivity index (χ3v) is 3.86. The van der Waals surface area contributed by atoms with Gasteiger partial charge in [0.25, 0.3) is 0 Å². The lowest BCUT2D eigenvalue weighted by atomic mass is 10.0. The molecular formula is C13H26N4O2. The summed E-state index contributed by atoms with van der Waals surface area (Å²) in [6.45, 7) is 6.34. The van der Waals surface area contributed by atoms with E-state index < -0.39 is 11.9 Å². The Morgan fingerprint density at radius 3 is 2.26 bits per heavy atom. The van der Waals surface area contributed by atoms with Crippen molar-refractivity contribution in [1.82, 2.24) is 9.80 Å². The first-order valence-electron chi connectivity index (χ1n) is 6.87. The van der Waals surface area contributed by atoms with Gasteiger partial charge in [-0.15, -0.1) is 0 Å². The van der Waals surface area contributed by atoms with Gasteiger partial charge in [0.1, 0.15) is 0 Å². The molecule has 1 unspecified atom stereocenters. The van der Waals surface area contributed by atoms with Gasteiger partial charge < -0.3 is 21.3 Å². The molecule has 0 aromatic heterocycles. The number of carbonyl (C=O) groups is 2.